The lowest BCUT2D eigenvalue weighted by Gasteiger charge is -2.49. The number of benzene rings is 7. The van der Waals surface area contributed by atoms with E-state index in [9.17, 15) is 19.6 Å². The molecule has 3 aromatic heterocycles. The van der Waals surface area contributed by atoms with Crippen molar-refractivity contribution >= 4 is 75.2 Å². The van der Waals surface area contributed by atoms with Crippen LogP contribution < -0.4 is 10.6 Å². The predicted octanol–water partition coefficient (Wildman–Crippen LogP) is 11.2. The summed E-state index contributed by atoms with van der Waals surface area (Å²) in [6, 6.07) is 68.0. The zero-order chi connectivity index (χ0) is 57.6. The van der Waals surface area contributed by atoms with Crippen LogP contribution in [0.3, 0.4) is 0 Å². The largest absolute Gasteiger partial charge is 0.448 e. The third kappa shape index (κ3) is 11.1. The molecule has 5 heterocycles. The molecule has 0 aliphatic carbocycles. The summed E-state index contributed by atoms with van der Waals surface area (Å²) >= 11 is 3.89. The van der Waals surface area contributed by atoms with Crippen molar-refractivity contribution < 1.29 is 33.9 Å². The molecule has 2 amide bonds. The quantitative estimate of drug-likeness (QED) is 0.0101. The van der Waals surface area contributed by atoms with Crippen LogP contribution in [0.4, 0.5) is 5.13 Å². The molecule has 84 heavy (non-hydrogen) atoms. The summed E-state index contributed by atoms with van der Waals surface area (Å²) < 4.78 is 14.0. The van der Waals surface area contributed by atoms with Gasteiger partial charge in [-0.05, 0) is 57.5 Å². The van der Waals surface area contributed by atoms with Crippen LogP contribution in [0.5, 0.6) is 0 Å². The van der Waals surface area contributed by atoms with Gasteiger partial charge in [0.25, 0.3) is 23.4 Å². The van der Waals surface area contributed by atoms with Crippen molar-refractivity contribution in [3.8, 4) is 0 Å². The van der Waals surface area contributed by atoms with Gasteiger partial charge in [-0.15, -0.1) is 40.0 Å². The van der Waals surface area contributed by atoms with Crippen molar-refractivity contribution in [3.63, 3.8) is 0 Å². The molecule has 0 spiro atoms. The Balaban J connectivity index is 0.820. The summed E-state index contributed by atoms with van der Waals surface area (Å²) in [6.07, 6.45) is -1.58. The van der Waals surface area contributed by atoms with Crippen molar-refractivity contribution in [1.82, 2.24) is 34.8 Å². The van der Waals surface area contributed by atoms with Gasteiger partial charge in [0.1, 0.15) is 33.4 Å². The first-order chi connectivity index (χ1) is 41.2. The first-order valence-corrected chi connectivity index (χ1v) is 29.7. The lowest BCUT2D eigenvalue weighted by Crippen LogP contribution is -2.71. The van der Waals surface area contributed by atoms with E-state index in [0.29, 0.717) is 32.6 Å². The van der Waals surface area contributed by atoms with Gasteiger partial charge in [0.2, 0.25) is 0 Å². The first kappa shape index (κ1) is 54.9. The summed E-state index contributed by atoms with van der Waals surface area (Å²) in [6.45, 7) is 1.80. The Morgan fingerprint density at radius 3 is 1.64 bits per heavy atom. The number of hydrogen-bond acceptors (Lipinski definition) is 16. The number of aryl methyl sites for hydroxylation is 1. The number of rotatable bonds is 19. The third-order valence-corrected chi connectivity index (χ3v) is 17.5. The fourth-order valence-electron chi connectivity index (χ4n) is 10.4. The molecule has 19 heteroatoms. The number of fused-ring (bicyclic) bond motifs is 2. The molecule has 16 nitrogen and oxygen atoms in total. The number of β-lactam (4-membered cyclic amide) rings is 1. The minimum Gasteiger partial charge on any atom is -0.448 e. The van der Waals surface area contributed by atoms with Gasteiger partial charge in [0.15, 0.2) is 23.1 Å². The molecule has 2 aliphatic rings. The molecule has 3 N–H and O–H groups in total. The Hall–Kier alpha value is -9.69. The number of thioether (sulfide) groups is 2. The number of carbonyl (C=O) groups excluding carboxylic acids is 4. The fraction of sp³-hybridized carbons (Fsp3) is 0.123. The highest BCUT2D eigenvalue weighted by molar-refractivity contribution is 8.01. The van der Waals surface area contributed by atoms with Crippen LogP contribution in [0, 0.1) is 6.92 Å². The van der Waals surface area contributed by atoms with E-state index >= 15 is 4.79 Å². The van der Waals surface area contributed by atoms with Gasteiger partial charge < -0.3 is 25.3 Å². The molecule has 12 rings (SSSR count). The predicted molar refractivity (Wildman–Crippen MR) is 323 cm³/mol. The SMILES string of the molecule is Cc1cc(SCC2=C(C(=O)OC(c3ccccc3)c3ccccc3)N3C(=O)[C@@H](NC(=O)/C(=N/O)c4csc(NC(c5ccccc5)(c5ccccc5)c5ccccc5)n4)[C@H]3SC2)n2nc(C(=O)OC(c3ccccc3)c3ccccc3)nc2n1. The van der Waals surface area contributed by atoms with Gasteiger partial charge in [0, 0.05) is 22.6 Å². The minimum absolute atomic E-state index is 0.0290. The lowest BCUT2D eigenvalue weighted by atomic mass is 9.77. The number of ether oxygens (including phenoxy) is 2. The van der Waals surface area contributed by atoms with E-state index in [1.165, 1.54) is 44.3 Å². The van der Waals surface area contributed by atoms with Gasteiger partial charge in [-0.25, -0.2) is 19.6 Å². The summed E-state index contributed by atoms with van der Waals surface area (Å²) in [5.74, 6) is -2.56. The summed E-state index contributed by atoms with van der Waals surface area (Å²) in [5, 5.41) is 26.8. The highest BCUT2D eigenvalue weighted by atomic mass is 32.2. The molecular formula is C65H51N9O7S3. The molecule has 1 fully saturated rings. The second-order valence-corrected chi connectivity index (χ2v) is 22.6. The number of thiazole rings is 1. The Labute approximate surface area is 495 Å². The van der Waals surface area contributed by atoms with Crippen molar-refractivity contribution in [2.75, 3.05) is 16.8 Å². The molecule has 10 aromatic rings. The number of nitrogens with zero attached hydrogens (tertiary/aromatic N) is 7. The Morgan fingerprint density at radius 2 is 1.15 bits per heavy atom. The lowest BCUT2D eigenvalue weighted by molar-refractivity contribution is -0.154. The van der Waals surface area contributed by atoms with Crippen LogP contribution in [-0.2, 0) is 29.4 Å². The molecule has 1 saturated heterocycles. The van der Waals surface area contributed by atoms with Crippen LogP contribution in [0.1, 0.15) is 73.2 Å². The van der Waals surface area contributed by atoms with E-state index < -0.39 is 58.6 Å². The number of anilines is 1. The van der Waals surface area contributed by atoms with Crippen molar-refractivity contribution in [2.45, 2.75) is 41.1 Å². The number of oxime groups is 1. The van der Waals surface area contributed by atoms with Crippen molar-refractivity contribution in [2.24, 2.45) is 5.16 Å². The number of carbonyl (C=O) groups is 4. The van der Waals surface area contributed by atoms with E-state index in [2.05, 4.69) is 30.9 Å². The van der Waals surface area contributed by atoms with E-state index in [4.69, 9.17) is 14.5 Å². The second kappa shape index (κ2) is 24.4. The molecule has 2 atom stereocenters. The molecular weight excluding hydrogens is 1110 g/mol. The Morgan fingerprint density at radius 1 is 0.679 bits per heavy atom. The van der Waals surface area contributed by atoms with Gasteiger partial charge in [-0.2, -0.15) is 9.50 Å². The molecule has 2 aliphatic heterocycles. The Bertz CT molecular complexity index is 3890. The van der Waals surface area contributed by atoms with Crippen molar-refractivity contribution in [1.29, 1.82) is 0 Å². The van der Waals surface area contributed by atoms with Crippen LogP contribution in [0.15, 0.2) is 245 Å². The van der Waals surface area contributed by atoms with Crippen LogP contribution in [-0.4, -0.2) is 87.1 Å². The smallest absolute Gasteiger partial charge is 0.379 e. The van der Waals surface area contributed by atoms with Gasteiger partial charge in [0.05, 0.1) is 0 Å². The second-order valence-electron chi connectivity index (χ2n) is 19.7. The van der Waals surface area contributed by atoms with E-state index in [-0.39, 0.29) is 34.5 Å². The number of nitrogens with one attached hydrogen (secondary N) is 2. The number of esters is 2. The average molecular weight is 1170 g/mol. The summed E-state index contributed by atoms with van der Waals surface area (Å²) in [4.78, 5) is 73.3. The zero-order valence-electron chi connectivity index (χ0n) is 44.8. The van der Waals surface area contributed by atoms with Crippen LogP contribution in [0.25, 0.3) is 5.78 Å². The normalized spacial score (nSPS) is 15.2. The van der Waals surface area contributed by atoms with E-state index in [1.807, 2.05) is 212 Å². The topological polar surface area (TPSA) is 203 Å². The number of aromatic nitrogens is 5. The summed E-state index contributed by atoms with van der Waals surface area (Å²) in [5.41, 5.74) is 5.70. The maximum atomic E-state index is 15.1. The monoisotopic (exact) mass is 1170 g/mol. The number of hydrogen-bond donors (Lipinski definition) is 3. The maximum Gasteiger partial charge on any atom is 0.379 e. The maximum absolute atomic E-state index is 15.1. The van der Waals surface area contributed by atoms with E-state index in [0.717, 1.165) is 27.8 Å². The average Bonchev–Trinajstić information content (AvgIpc) is 3.03. The van der Waals surface area contributed by atoms with E-state index in [1.54, 1.807) is 18.4 Å². The van der Waals surface area contributed by atoms with Crippen LogP contribution in [0.2, 0.25) is 0 Å². The molecule has 0 bridgehead atoms. The zero-order valence-corrected chi connectivity index (χ0v) is 47.3. The number of amides is 2. The third-order valence-electron chi connectivity index (χ3n) is 14.3. The Kier molecular flexibility index (Phi) is 15.9. The minimum atomic E-state index is -1.13. The van der Waals surface area contributed by atoms with Crippen LogP contribution >= 0.6 is 34.9 Å². The first-order valence-electron chi connectivity index (χ1n) is 26.8. The highest BCUT2D eigenvalue weighted by Gasteiger charge is 2.55. The molecule has 0 unspecified atom stereocenters. The van der Waals surface area contributed by atoms with Gasteiger partial charge in [-0.1, -0.05) is 217 Å². The van der Waals surface area contributed by atoms with Crippen molar-refractivity contribution in [3.05, 3.63) is 291 Å². The summed E-state index contributed by atoms with van der Waals surface area (Å²) in [7, 11) is 0. The fourth-order valence-corrected chi connectivity index (χ4v) is 13.7. The highest BCUT2D eigenvalue weighted by Crippen LogP contribution is 2.44. The van der Waals surface area contributed by atoms with Gasteiger partial charge >= 0.3 is 11.9 Å². The molecule has 0 saturated carbocycles. The molecule has 0 radical (unpaired) electrons. The van der Waals surface area contributed by atoms with Gasteiger partial charge in [-0.3, -0.25) is 14.5 Å². The molecule has 416 valence electrons. The standard InChI is InChI=1S/C65H51N9O7S3/c1-41-37-51(74-63(66-41)69-57(71-74)62(78)81-56(44-27-13-4-14-28-44)45-29-15-5-16-30-45)82-38-46-39-83-60-53(59(76)73(60)54(46)61(77)80-55(42-23-9-2-10-24-42)43-25-11-3-12-26-43)68-58(75)52(72-79)50-40-84-64(67-50)70-65(47-31-17-6-18-32-47,48-33-19-7-20-34-48)49-35-21-8-22-36-49/h2-37,40,53,55-56,60,79H,38-39H2,1H3,(H,67,70)(H,68,75)/b72-52+/t53-,60-/m1/s1. The molecule has 7 aromatic carbocycles.